The Morgan fingerprint density at radius 3 is 2.62 bits per heavy atom. The fraction of sp³-hybridized carbons (Fsp3) is 0.389. The van der Waals surface area contributed by atoms with Gasteiger partial charge in [-0.25, -0.2) is 0 Å². The molecule has 0 unspecified atom stereocenters. The Bertz CT molecular complexity index is 673. The average molecular weight is 366 g/mol. The summed E-state index contributed by atoms with van der Waals surface area (Å²) in [4.78, 5) is 4.24. The highest BCUT2D eigenvalue weighted by atomic mass is 35.5. The predicted molar refractivity (Wildman–Crippen MR) is 105 cm³/mol. The highest BCUT2D eigenvalue weighted by Gasteiger charge is 2.21. The zero-order chi connectivity index (χ0) is 17.7. The molecule has 130 valence electrons. The van der Waals surface area contributed by atoms with Crippen LogP contribution in [0.4, 0.5) is 5.69 Å². The number of halogens is 1. The molecule has 0 fully saturated rings. The number of furan rings is 1. The van der Waals surface area contributed by atoms with Crippen LogP contribution in [0.2, 0.25) is 5.02 Å². The van der Waals surface area contributed by atoms with E-state index in [4.69, 9.17) is 28.2 Å². The molecule has 0 aliphatic heterocycles. The summed E-state index contributed by atoms with van der Waals surface area (Å²) in [6, 6.07) is 9.77. The maximum Gasteiger partial charge on any atom is 0.174 e. The van der Waals surface area contributed by atoms with Crippen molar-refractivity contribution in [3.63, 3.8) is 0 Å². The lowest BCUT2D eigenvalue weighted by Gasteiger charge is -2.32. The second kappa shape index (κ2) is 8.51. The van der Waals surface area contributed by atoms with Gasteiger partial charge < -0.3 is 19.5 Å². The minimum Gasteiger partial charge on any atom is -0.467 e. The highest BCUT2D eigenvalue weighted by molar-refractivity contribution is 7.80. The zero-order valence-electron chi connectivity index (χ0n) is 14.5. The third kappa shape index (κ3) is 4.97. The van der Waals surface area contributed by atoms with Crippen LogP contribution < -0.4 is 5.32 Å². The van der Waals surface area contributed by atoms with Crippen molar-refractivity contribution in [2.75, 3.05) is 32.5 Å². The number of nitrogens with one attached hydrogen (secondary N) is 1. The van der Waals surface area contributed by atoms with E-state index < -0.39 is 0 Å². The SMILES string of the molecule is Cc1ccc(NC(=S)N(CCN(C)C)[C@H](C)c2ccco2)c(Cl)c1. The van der Waals surface area contributed by atoms with Crippen molar-refractivity contribution in [3.8, 4) is 0 Å². The van der Waals surface area contributed by atoms with E-state index in [1.165, 1.54) is 0 Å². The largest absolute Gasteiger partial charge is 0.467 e. The Kier molecular flexibility index (Phi) is 6.66. The maximum atomic E-state index is 6.32. The second-order valence-electron chi connectivity index (χ2n) is 6.10. The van der Waals surface area contributed by atoms with Crippen LogP contribution in [0.15, 0.2) is 41.0 Å². The van der Waals surface area contributed by atoms with Gasteiger partial charge in [0.2, 0.25) is 0 Å². The molecule has 6 heteroatoms. The summed E-state index contributed by atoms with van der Waals surface area (Å²) < 4.78 is 5.55. The molecule has 0 bridgehead atoms. The van der Waals surface area contributed by atoms with Crippen molar-refractivity contribution in [1.29, 1.82) is 0 Å². The minimum absolute atomic E-state index is 0.0316. The number of hydrogen-bond acceptors (Lipinski definition) is 3. The van der Waals surface area contributed by atoms with Crippen LogP contribution in [0.25, 0.3) is 0 Å². The van der Waals surface area contributed by atoms with Gasteiger partial charge in [0, 0.05) is 13.1 Å². The van der Waals surface area contributed by atoms with Crippen molar-refractivity contribution in [1.82, 2.24) is 9.80 Å². The third-order valence-electron chi connectivity index (χ3n) is 3.84. The predicted octanol–water partition coefficient (Wildman–Crippen LogP) is 4.56. The van der Waals surface area contributed by atoms with Gasteiger partial charge in [-0.05, 0) is 70.0 Å². The number of hydrogen-bond donors (Lipinski definition) is 1. The summed E-state index contributed by atoms with van der Waals surface area (Å²) in [5, 5.41) is 4.56. The van der Waals surface area contributed by atoms with Crippen molar-refractivity contribution in [3.05, 3.63) is 52.9 Å². The molecule has 0 saturated carbocycles. The normalized spacial score (nSPS) is 12.2. The van der Waals surface area contributed by atoms with Crippen LogP contribution in [0.3, 0.4) is 0 Å². The first-order chi connectivity index (χ1) is 11.4. The van der Waals surface area contributed by atoms with E-state index in [2.05, 4.69) is 22.0 Å². The maximum absolute atomic E-state index is 6.32. The summed E-state index contributed by atoms with van der Waals surface area (Å²) in [5.74, 6) is 0.882. The number of anilines is 1. The molecule has 0 aliphatic rings. The molecule has 0 aliphatic carbocycles. The zero-order valence-corrected chi connectivity index (χ0v) is 16.1. The van der Waals surface area contributed by atoms with Gasteiger partial charge in [0.15, 0.2) is 5.11 Å². The lowest BCUT2D eigenvalue weighted by Crippen LogP contribution is -2.40. The van der Waals surface area contributed by atoms with Crippen LogP contribution in [0.1, 0.15) is 24.3 Å². The Morgan fingerprint density at radius 2 is 2.04 bits per heavy atom. The van der Waals surface area contributed by atoms with Gasteiger partial charge in [-0.2, -0.15) is 0 Å². The Labute approximate surface area is 154 Å². The molecule has 0 radical (unpaired) electrons. The lowest BCUT2D eigenvalue weighted by atomic mass is 10.2. The van der Waals surface area contributed by atoms with Crippen molar-refractivity contribution < 1.29 is 4.42 Å². The summed E-state index contributed by atoms with van der Waals surface area (Å²) in [7, 11) is 4.09. The Balaban J connectivity index is 2.17. The van der Waals surface area contributed by atoms with E-state index in [1.54, 1.807) is 6.26 Å². The summed E-state index contributed by atoms with van der Waals surface area (Å²) in [6.45, 7) is 5.76. The van der Waals surface area contributed by atoms with Gasteiger partial charge in [0.05, 0.1) is 23.0 Å². The first kappa shape index (κ1) is 18.8. The number of rotatable bonds is 6. The van der Waals surface area contributed by atoms with Crippen LogP contribution >= 0.6 is 23.8 Å². The molecule has 1 heterocycles. The van der Waals surface area contributed by atoms with Crippen LogP contribution in [-0.4, -0.2) is 42.1 Å². The first-order valence-corrected chi connectivity index (χ1v) is 8.69. The fourth-order valence-electron chi connectivity index (χ4n) is 2.37. The molecule has 24 heavy (non-hydrogen) atoms. The lowest BCUT2D eigenvalue weighted by molar-refractivity contribution is 0.263. The molecule has 1 atom stereocenters. The van der Waals surface area contributed by atoms with Crippen molar-refractivity contribution in [2.24, 2.45) is 0 Å². The molecule has 0 spiro atoms. The molecule has 0 saturated heterocycles. The summed E-state index contributed by atoms with van der Waals surface area (Å²) in [5.41, 5.74) is 1.93. The van der Waals surface area contributed by atoms with Gasteiger partial charge in [-0.15, -0.1) is 0 Å². The molecule has 2 aromatic rings. The van der Waals surface area contributed by atoms with E-state index in [9.17, 15) is 0 Å². The molecule has 1 aromatic heterocycles. The third-order valence-corrected chi connectivity index (χ3v) is 4.49. The molecule has 0 amide bonds. The summed E-state index contributed by atoms with van der Waals surface area (Å²) >= 11 is 12.0. The van der Waals surface area contributed by atoms with Crippen LogP contribution in [-0.2, 0) is 0 Å². The number of nitrogens with zero attached hydrogens (tertiary/aromatic N) is 2. The van der Waals surface area contributed by atoms with Gasteiger partial charge in [0.1, 0.15) is 5.76 Å². The minimum atomic E-state index is 0.0316. The van der Waals surface area contributed by atoms with Crippen LogP contribution in [0.5, 0.6) is 0 Å². The van der Waals surface area contributed by atoms with E-state index in [0.717, 1.165) is 30.1 Å². The number of likely N-dealkylation sites (N-methyl/N-ethyl adjacent to an activating group) is 1. The molecule has 1 N–H and O–H groups in total. The van der Waals surface area contributed by atoms with E-state index >= 15 is 0 Å². The van der Waals surface area contributed by atoms with Gasteiger partial charge >= 0.3 is 0 Å². The monoisotopic (exact) mass is 365 g/mol. The number of aryl methyl sites for hydroxylation is 1. The van der Waals surface area contributed by atoms with E-state index in [0.29, 0.717) is 10.1 Å². The molecular weight excluding hydrogens is 342 g/mol. The van der Waals surface area contributed by atoms with E-state index in [1.807, 2.05) is 51.4 Å². The highest BCUT2D eigenvalue weighted by Crippen LogP contribution is 2.25. The average Bonchev–Trinajstić information content (AvgIpc) is 3.04. The smallest absolute Gasteiger partial charge is 0.174 e. The van der Waals surface area contributed by atoms with Gasteiger partial charge in [-0.1, -0.05) is 17.7 Å². The molecule has 2 rings (SSSR count). The van der Waals surface area contributed by atoms with Gasteiger partial charge in [-0.3, -0.25) is 0 Å². The number of benzene rings is 1. The van der Waals surface area contributed by atoms with E-state index in [-0.39, 0.29) is 6.04 Å². The molecular formula is C18H24ClN3OS. The van der Waals surface area contributed by atoms with Crippen molar-refractivity contribution >= 4 is 34.6 Å². The van der Waals surface area contributed by atoms with Crippen LogP contribution in [0, 0.1) is 6.92 Å². The Hall–Kier alpha value is -1.56. The Morgan fingerprint density at radius 1 is 1.29 bits per heavy atom. The summed E-state index contributed by atoms with van der Waals surface area (Å²) in [6.07, 6.45) is 1.68. The molecule has 4 nitrogen and oxygen atoms in total. The fourth-order valence-corrected chi connectivity index (χ4v) is 3.01. The topological polar surface area (TPSA) is 31.6 Å². The van der Waals surface area contributed by atoms with Crippen molar-refractivity contribution in [2.45, 2.75) is 19.9 Å². The second-order valence-corrected chi connectivity index (χ2v) is 6.90. The quantitative estimate of drug-likeness (QED) is 0.758. The standard InChI is InChI=1S/C18H24ClN3OS/c1-13-7-8-16(15(19)12-13)20-18(24)22(10-9-21(3)4)14(2)17-6-5-11-23-17/h5-8,11-12,14H,9-10H2,1-4H3,(H,20,24)/t14-/m1/s1. The molecule has 1 aromatic carbocycles. The first-order valence-electron chi connectivity index (χ1n) is 7.90. The number of thiocarbonyl (C=S) groups is 1. The van der Waals surface area contributed by atoms with Gasteiger partial charge in [0.25, 0.3) is 0 Å².